The first-order valence-corrected chi connectivity index (χ1v) is 3.38. The third kappa shape index (κ3) is 4.41. The highest BCUT2D eigenvalue weighted by Gasteiger charge is 2.42. The number of thiocarbonyl (C=S) groups is 1. The zero-order valence-corrected chi connectivity index (χ0v) is 6.85. The molecule has 1 unspecified atom stereocenters. The van der Waals surface area contributed by atoms with Gasteiger partial charge in [0.25, 0.3) is 0 Å². The van der Waals surface area contributed by atoms with Crippen LogP contribution < -0.4 is 5.73 Å². The summed E-state index contributed by atoms with van der Waals surface area (Å²) >= 11 is 3.73. The minimum absolute atomic E-state index is 1.40. The van der Waals surface area contributed by atoms with Crippen LogP contribution in [0.15, 0.2) is 0 Å². The zero-order valence-electron chi connectivity index (χ0n) is 6.04. The first-order chi connectivity index (χ1) is 5.55. The molecule has 8 heteroatoms. The number of halogens is 6. The second-order valence-corrected chi connectivity index (χ2v) is 2.77. The van der Waals surface area contributed by atoms with E-state index >= 15 is 0 Å². The molecule has 13 heavy (non-hydrogen) atoms. The molecule has 0 aromatic heterocycles. The fourth-order valence-corrected chi connectivity index (χ4v) is 0.611. The summed E-state index contributed by atoms with van der Waals surface area (Å²) in [5, 5.41) is 0. The molecule has 78 valence electrons. The van der Waals surface area contributed by atoms with Crippen molar-refractivity contribution in [2.24, 2.45) is 5.73 Å². The Morgan fingerprint density at radius 2 is 1.54 bits per heavy atom. The van der Waals surface area contributed by atoms with E-state index in [-0.39, 0.29) is 0 Å². The Bertz CT molecular complexity index is 194. The molecule has 0 saturated carbocycles. The number of nitrogens with two attached hydrogens (primary N) is 1. The van der Waals surface area contributed by atoms with Crippen molar-refractivity contribution in [1.82, 2.24) is 0 Å². The number of alkyl halides is 6. The van der Waals surface area contributed by atoms with Crippen molar-refractivity contribution in [3.05, 3.63) is 0 Å². The Labute approximate surface area is 74.9 Å². The van der Waals surface area contributed by atoms with Gasteiger partial charge in [0.1, 0.15) is 6.04 Å². The van der Waals surface area contributed by atoms with Crippen LogP contribution in [0.5, 0.6) is 0 Å². The molecule has 0 spiro atoms. The zero-order chi connectivity index (χ0) is 10.9. The van der Waals surface area contributed by atoms with E-state index < -0.39 is 29.7 Å². The van der Waals surface area contributed by atoms with Gasteiger partial charge in [0.05, 0.1) is 4.86 Å². The Balaban J connectivity index is 4.24. The first kappa shape index (κ1) is 12.6. The smallest absolute Gasteiger partial charge is 0.320 e. The molecule has 1 nitrogen and oxygen atoms in total. The summed E-state index contributed by atoms with van der Waals surface area (Å²) in [4.78, 5) is -1.64. The average Bonchev–Trinajstić information content (AvgIpc) is 1.82. The van der Waals surface area contributed by atoms with E-state index in [2.05, 4.69) is 18.0 Å². The second kappa shape index (κ2) is 3.79. The number of hydrogen-bond acceptors (Lipinski definition) is 2. The van der Waals surface area contributed by atoms with Crippen LogP contribution in [0.25, 0.3) is 0 Å². The minimum atomic E-state index is -4.89. The molecular weight excluding hydrogens is 220 g/mol. The molecule has 0 aromatic carbocycles. The van der Waals surface area contributed by atoms with E-state index in [9.17, 15) is 26.3 Å². The summed E-state index contributed by atoms with van der Waals surface area (Å²) in [6.45, 7) is 0. The fraction of sp³-hybridized carbons (Fsp3) is 0.800. The summed E-state index contributed by atoms with van der Waals surface area (Å²) in [7, 11) is 0. The molecule has 0 amide bonds. The molecule has 0 radical (unpaired) electrons. The Morgan fingerprint density at radius 3 is 1.77 bits per heavy atom. The first-order valence-electron chi connectivity index (χ1n) is 2.97. The monoisotopic (exact) mass is 225 g/mol. The van der Waals surface area contributed by atoms with Crippen LogP contribution in [0.2, 0.25) is 0 Å². The minimum Gasteiger partial charge on any atom is -0.320 e. The van der Waals surface area contributed by atoms with Gasteiger partial charge in [0.15, 0.2) is 0 Å². The van der Waals surface area contributed by atoms with Crippen molar-refractivity contribution in [2.45, 2.75) is 24.8 Å². The highest BCUT2D eigenvalue weighted by atomic mass is 32.1. The lowest BCUT2D eigenvalue weighted by Gasteiger charge is -2.16. The maximum absolute atomic E-state index is 11.6. The van der Waals surface area contributed by atoms with Gasteiger partial charge in [-0.2, -0.15) is 26.3 Å². The Kier molecular flexibility index (Phi) is 3.68. The lowest BCUT2D eigenvalue weighted by molar-refractivity contribution is -0.147. The summed E-state index contributed by atoms with van der Waals surface area (Å²) in [6, 6.07) is -2.55. The van der Waals surface area contributed by atoms with Gasteiger partial charge in [-0.25, -0.2) is 0 Å². The Hall–Kier alpha value is -0.370. The summed E-state index contributed by atoms with van der Waals surface area (Å²) in [6.07, 6.45) is -11.1. The predicted octanol–water partition coefficient (Wildman–Crippen LogP) is 2.20. The van der Waals surface area contributed by atoms with Gasteiger partial charge in [-0.1, -0.05) is 12.2 Å². The molecular formula is C5H5F6NS. The van der Waals surface area contributed by atoms with Gasteiger partial charge in [-0.05, 0) is 0 Å². The molecule has 0 aliphatic rings. The molecule has 1 atom stereocenters. The topological polar surface area (TPSA) is 26.0 Å². The Morgan fingerprint density at radius 1 is 1.15 bits per heavy atom. The maximum atomic E-state index is 11.6. The van der Waals surface area contributed by atoms with Gasteiger partial charge in [0, 0.05) is 6.42 Å². The standard InChI is InChI=1S/C5H5F6NS/c6-4(7,8)2(12)1-3(13)5(9,10)11/h2H,1,12H2. The summed E-state index contributed by atoms with van der Waals surface area (Å²) in [5.41, 5.74) is 4.44. The second-order valence-electron chi connectivity index (χ2n) is 2.27. The number of rotatable bonds is 2. The third-order valence-electron chi connectivity index (χ3n) is 1.14. The SMILES string of the molecule is NC(CC(=S)C(F)(F)F)C(F)(F)F. The van der Waals surface area contributed by atoms with Gasteiger partial charge >= 0.3 is 12.4 Å². The molecule has 0 heterocycles. The van der Waals surface area contributed by atoms with E-state index in [0.717, 1.165) is 0 Å². The lowest BCUT2D eigenvalue weighted by Crippen LogP contribution is -2.41. The van der Waals surface area contributed by atoms with Gasteiger partial charge in [-0.3, -0.25) is 0 Å². The van der Waals surface area contributed by atoms with E-state index in [4.69, 9.17) is 0 Å². The fourth-order valence-electron chi connectivity index (χ4n) is 0.431. The van der Waals surface area contributed by atoms with E-state index in [0.29, 0.717) is 0 Å². The van der Waals surface area contributed by atoms with Crippen molar-refractivity contribution in [3.8, 4) is 0 Å². The van der Waals surface area contributed by atoms with Crippen molar-refractivity contribution in [3.63, 3.8) is 0 Å². The lowest BCUT2D eigenvalue weighted by atomic mass is 10.1. The normalized spacial score (nSPS) is 15.6. The van der Waals surface area contributed by atoms with Crippen molar-refractivity contribution in [1.29, 1.82) is 0 Å². The average molecular weight is 225 g/mol. The molecule has 0 rings (SSSR count). The van der Waals surface area contributed by atoms with Crippen molar-refractivity contribution in [2.75, 3.05) is 0 Å². The number of hydrogen-bond donors (Lipinski definition) is 1. The van der Waals surface area contributed by atoms with Crippen LogP contribution >= 0.6 is 12.2 Å². The quantitative estimate of drug-likeness (QED) is 0.576. The molecule has 0 saturated heterocycles. The van der Waals surface area contributed by atoms with Crippen molar-refractivity contribution < 1.29 is 26.3 Å². The summed E-state index contributed by atoms with van der Waals surface area (Å²) < 4.78 is 69.8. The van der Waals surface area contributed by atoms with Gasteiger partial charge < -0.3 is 5.73 Å². The van der Waals surface area contributed by atoms with Crippen molar-refractivity contribution >= 4 is 17.1 Å². The molecule has 0 aromatic rings. The molecule has 0 fully saturated rings. The van der Waals surface area contributed by atoms with Crippen LogP contribution in [-0.2, 0) is 0 Å². The molecule has 0 aliphatic carbocycles. The van der Waals surface area contributed by atoms with E-state index in [1.807, 2.05) is 0 Å². The van der Waals surface area contributed by atoms with E-state index in [1.54, 1.807) is 0 Å². The van der Waals surface area contributed by atoms with Crippen LogP contribution in [0.1, 0.15) is 6.42 Å². The molecule has 0 bridgehead atoms. The van der Waals surface area contributed by atoms with Crippen LogP contribution in [0, 0.1) is 0 Å². The largest absolute Gasteiger partial charge is 0.422 e. The van der Waals surface area contributed by atoms with Crippen LogP contribution in [-0.4, -0.2) is 23.3 Å². The highest BCUT2D eigenvalue weighted by molar-refractivity contribution is 7.80. The third-order valence-corrected chi connectivity index (χ3v) is 1.54. The highest BCUT2D eigenvalue weighted by Crippen LogP contribution is 2.26. The predicted molar refractivity (Wildman–Crippen MR) is 37.3 cm³/mol. The molecule has 0 aliphatic heterocycles. The van der Waals surface area contributed by atoms with Gasteiger partial charge in [-0.15, -0.1) is 0 Å². The van der Waals surface area contributed by atoms with Crippen LogP contribution in [0.3, 0.4) is 0 Å². The van der Waals surface area contributed by atoms with Gasteiger partial charge in [0.2, 0.25) is 0 Å². The summed E-state index contributed by atoms with van der Waals surface area (Å²) in [5.74, 6) is 0. The molecule has 2 N–H and O–H groups in total. The van der Waals surface area contributed by atoms with Crippen LogP contribution in [0.4, 0.5) is 26.3 Å². The maximum Gasteiger partial charge on any atom is 0.422 e. The van der Waals surface area contributed by atoms with E-state index in [1.165, 1.54) is 0 Å².